The summed E-state index contributed by atoms with van der Waals surface area (Å²) < 4.78 is 1.83. The summed E-state index contributed by atoms with van der Waals surface area (Å²) in [6.45, 7) is 11.9. The van der Waals surface area contributed by atoms with Gasteiger partial charge in [-0.1, -0.05) is 0 Å². The maximum atomic E-state index is 12.8. The van der Waals surface area contributed by atoms with Gasteiger partial charge in [-0.25, -0.2) is 15.0 Å². The maximum Gasteiger partial charge on any atom is 0.244 e. The highest BCUT2D eigenvalue weighted by Gasteiger charge is 2.27. The molecule has 1 fully saturated rings. The van der Waals surface area contributed by atoms with Gasteiger partial charge in [0.25, 0.3) is 0 Å². The molecule has 8 heteroatoms. The van der Waals surface area contributed by atoms with Gasteiger partial charge in [-0.15, -0.1) is 11.3 Å². The highest BCUT2D eigenvalue weighted by Crippen LogP contribution is 2.36. The summed E-state index contributed by atoms with van der Waals surface area (Å²) >= 11 is 1.73. The van der Waals surface area contributed by atoms with Gasteiger partial charge in [-0.2, -0.15) is 5.10 Å². The largest absolute Gasteiger partial charge is 0.341 e. The van der Waals surface area contributed by atoms with E-state index in [2.05, 4.69) is 22.0 Å². The summed E-state index contributed by atoms with van der Waals surface area (Å²) in [4.78, 5) is 29.5. The number of aromatic nitrogens is 5. The number of amides is 1. The van der Waals surface area contributed by atoms with E-state index in [-0.39, 0.29) is 5.91 Å². The minimum atomic E-state index is 0.145. The molecule has 0 bridgehead atoms. The van der Waals surface area contributed by atoms with Crippen molar-refractivity contribution in [1.29, 1.82) is 0 Å². The van der Waals surface area contributed by atoms with Crippen molar-refractivity contribution < 1.29 is 4.79 Å². The number of carbonyl (C=O) groups is 1. The molecule has 1 aliphatic rings. The molecule has 1 amide bonds. The summed E-state index contributed by atoms with van der Waals surface area (Å²) in [6, 6.07) is 1.94. The summed E-state index contributed by atoms with van der Waals surface area (Å²) in [7, 11) is 0. The number of rotatable bonds is 4. The van der Waals surface area contributed by atoms with Crippen molar-refractivity contribution in [3.05, 3.63) is 45.7 Å². The lowest BCUT2D eigenvalue weighted by molar-refractivity contribution is -0.133. The Morgan fingerprint density at radius 1 is 1.10 bits per heavy atom. The Morgan fingerprint density at radius 3 is 2.47 bits per heavy atom. The molecular formula is C22H28N6OS. The predicted octanol–water partition coefficient (Wildman–Crippen LogP) is 3.74. The van der Waals surface area contributed by atoms with Gasteiger partial charge in [0.05, 0.1) is 27.0 Å². The summed E-state index contributed by atoms with van der Waals surface area (Å²) in [5.74, 6) is 1.31. The van der Waals surface area contributed by atoms with Crippen molar-refractivity contribution >= 4 is 17.2 Å². The van der Waals surface area contributed by atoms with Crippen LogP contribution in [0.2, 0.25) is 0 Å². The molecule has 7 nitrogen and oxygen atoms in total. The Balaban J connectivity index is 1.40. The van der Waals surface area contributed by atoms with E-state index < -0.39 is 0 Å². The minimum Gasteiger partial charge on any atom is -0.341 e. The topological polar surface area (TPSA) is 76.8 Å². The number of piperidine rings is 1. The van der Waals surface area contributed by atoms with Crippen LogP contribution in [0.4, 0.5) is 0 Å². The second kappa shape index (κ2) is 8.26. The second-order valence-corrected chi connectivity index (χ2v) is 9.09. The Kier molecular flexibility index (Phi) is 5.69. The molecule has 3 aromatic heterocycles. The number of nitrogens with zero attached hydrogens (tertiary/aromatic N) is 6. The van der Waals surface area contributed by atoms with Crippen molar-refractivity contribution in [3.63, 3.8) is 0 Å². The lowest BCUT2D eigenvalue weighted by Gasteiger charge is -2.31. The van der Waals surface area contributed by atoms with Gasteiger partial charge >= 0.3 is 0 Å². The Labute approximate surface area is 181 Å². The number of carbonyl (C=O) groups excluding carboxylic acids is 1. The molecule has 0 atom stereocenters. The third kappa shape index (κ3) is 4.01. The average molecular weight is 425 g/mol. The molecule has 30 heavy (non-hydrogen) atoms. The molecule has 0 radical (unpaired) electrons. The zero-order valence-corrected chi connectivity index (χ0v) is 19.1. The number of thiazole rings is 1. The van der Waals surface area contributed by atoms with E-state index in [1.165, 1.54) is 0 Å². The summed E-state index contributed by atoms with van der Waals surface area (Å²) in [6.07, 6.45) is 3.68. The summed E-state index contributed by atoms with van der Waals surface area (Å²) in [5.41, 5.74) is 5.19. The Hall–Kier alpha value is -2.61. The van der Waals surface area contributed by atoms with Crippen LogP contribution in [0.5, 0.6) is 0 Å². The van der Waals surface area contributed by atoms with Gasteiger partial charge in [-0.3, -0.25) is 9.48 Å². The third-order valence-corrected chi connectivity index (χ3v) is 7.39. The standard InChI is InChI=1S/C22H28N6OS/c1-13-14(2)26-28(16(13)4)12-20(29)27-10-7-18(8-11-27)22-24-15(3)21(30-22)19-6-9-23-17(5)25-19/h6,9,18H,7-8,10-12H2,1-5H3. The molecule has 4 heterocycles. The van der Waals surface area contributed by atoms with Crippen LogP contribution in [-0.2, 0) is 11.3 Å². The monoisotopic (exact) mass is 424 g/mol. The first-order valence-corrected chi connectivity index (χ1v) is 11.2. The molecule has 0 saturated carbocycles. The van der Waals surface area contributed by atoms with Crippen LogP contribution < -0.4 is 0 Å². The number of hydrogen-bond acceptors (Lipinski definition) is 6. The van der Waals surface area contributed by atoms with Crippen molar-refractivity contribution in [2.24, 2.45) is 0 Å². The predicted molar refractivity (Wildman–Crippen MR) is 118 cm³/mol. The normalized spacial score (nSPS) is 15.0. The quantitative estimate of drug-likeness (QED) is 0.638. The van der Waals surface area contributed by atoms with Crippen molar-refractivity contribution in [2.45, 2.75) is 59.9 Å². The van der Waals surface area contributed by atoms with Crippen LogP contribution in [0.25, 0.3) is 10.6 Å². The SMILES string of the molecule is Cc1nccc(-c2sc(C3CCN(C(=O)Cn4nc(C)c(C)c4C)CC3)nc2C)n1. The third-order valence-electron chi connectivity index (χ3n) is 6.05. The van der Waals surface area contributed by atoms with E-state index in [0.29, 0.717) is 12.5 Å². The van der Waals surface area contributed by atoms with Crippen molar-refractivity contribution in [2.75, 3.05) is 13.1 Å². The lowest BCUT2D eigenvalue weighted by Crippen LogP contribution is -2.40. The number of aryl methyl sites for hydroxylation is 3. The maximum absolute atomic E-state index is 12.8. The zero-order chi connectivity index (χ0) is 21.4. The number of hydrogen-bond donors (Lipinski definition) is 0. The average Bonchev–Trinajstić information content (AvgIpc) is 3.23. The molecule has 4 rings (SSSR count). The zero-order valence-electron chi connectivity index (χ0n) is 18.3. The lowest BCUT2D eigenvalue weighted by atomic mass is 9.97. The van der Waals surface area contributed by atoms with Gasteiger partial charge in [-0.05, 0) is 59.1 Å². The molecule has 0 aromatic carbocycles. The minimum absolute atomic E-state index is 0.145. The highest BCUT2D eigenvalue weighted by molar-refractivity contribution is 7.15. The van der Waals surface area contributed by atoms with E-state index in [0.717, 1.165) is 70.0 Å². The molecule has 1 aliphatic heterocycles. The fourth-order valence-corrected chi connectivity index (χ4v) is 5.16. The second-order valence-electron chi connectivity index (χ2n) is 8.06. The molecule has 0 aliphatic carbocycles. The van der Waals surface area contributed by atoms with Gasteiger partial charge in [0.1, 0.15) is 12.4 Å². The molecular weight excluding hydrogens is 396 g/mol. The highest BCUT2D eigenvalue weighted by atomic mass is 32.1. The van der Waals surface area contributed by atoms with E-state index in [4.69, 9.17) is 4.98 Å². The van der Waals surface area contributed by atoms with Gasteiger partial charge in [0.2, 0.25) is 5.91 Å². The van der Waals surface area contributed by atoms with Crippen molar-refractivity contribution in [1.82, 2.24) is 29.6 Å². The van der Waals surface area contributed by atoms with E-state index in [1.807, 2.05) is 43.3 Å². The van der Waals surface area contributed by atoms with Gasteiger partial charge < -0.3 is 4.90 Å². The smallest absolute Gasteiger partial charge is 0.244 e. The van der Waals surface area contributed by atoms with Gasteiger partial charge in [0.15, 0.2) is 0 Å². The molecule has 158 valence electrons. The first-order valence-electron chi connectivity index (χ1n) is 10.4. The van der Waals surface area contributed by atoms with Crippen LogP contribution in [-0.4, -0.2) is 48.6 Å². The van der Waals surface area contributed by atoms with Crippen LogP contribution in [0.15, 0.2) is 12.3 Å². The number of likely N-dealkylation sites (tertiary alicyclic amines) is 1. The van der Waals surface area contributed by atoms with E-state index in [1.54, 1.807) is 17.5 Å². The van der Waals surface area contributed by atoms with Crippen LogP contribution in [0, 0.1) is 34.6 Å². The first kappa shape index (κ1) is 20.7. The summed E-state index contributed by atoms with van der Waals surface area (Å²) in [5, 5.41) is 5.66. The molecule has 0 spiro atoms. The molecule has 0 N–H and O–H groups in total. The van der Waals surface area contributed by atoms with Crippen LogP contribution in [0.3, 0.4) is 0 Å². The first-order chi connectivity index (χ1) is 14.3. The molecule has 0 unspecified atom stereocenters. The Morgan fingerprint density at radius 2 is 1.83 bits per heavy atom. The van der Waals surface area contributed by atoms with Crippen LogP contribution >= 0.6 is 11.3 Å². The van der Waals surface area contributed by atoms with Crippen molar-refractivity contribution in [3.8, 4) is 10.6 Å². The van der Waals surface area contributed by atoms with E-state index >= 15 is 0 Å². The Bertz CT molecular complexity index is 1080. The van der Waals surface area contributed by atoms with Gasteiger partial charge in [0, 0.05) is 30.9 Å². The molecule has 3 aromatic rings. The fraction of sp³-hybridized carbons (Fsp3) is 0.500. The van der Waals surface area contributed by atoms with Crippen LogP contribution in [0.1, 0.15) is 52.2 Å². The fourth-order valence-electron chi connectivity index (χ4n) is 3.96. The van der Waals surface area contributed by atoms with E-state index in [9.17, 15) is 4.79 Å². The molecule has 1 saturated heterocycles.